The van der Waals surface area contributed by atoms with E-state index >= 15 is 0 Å². The van der Waals surface area contributed by atoms with Crippen LogP contribution in [0.25, 0.3) is 0 Å². The fraction of sp³-hybridized carbons (Fsp3) is 0.652. The summed E-state index contributed by atoms with van der Waals surface area (Å²) in [5.41, 5.74) is 3.62. The molecule has 6 nitrogen and oxygen atoms in total. The van der Waals surface area contributed by atoms with E-state index in [4.69, 9.17) is 5.10 Å². The van der Waals surface area contributed by atoms with Gasteiger partial charge in [0, 0.05) is 43.0 Å². The SMILES string of the molecule is O=c1cc2c(nn1CC1CCN(Cc3cnc(C4CCC4)nc3)CC1)CCCC2. The number of fused-ring (bicyclic) bond motifs is 1. The Morgan fingerprint density at radius 1 is 0.966 bits per heavy atom. The smallest absolute Gasteiger partial charge is 0.267 e. The predicted molar refractivity (Wildman–Crippen MR) is 112 cm³/mol. The number of aryl methyl sites for hydroxylation is 2. The number of aromatic nitrogens is 4. The number of likely N-dealkylation sites (tertiary alicyclic amines) is 1. The fourth-order valence-corrected chi connectivity index (χ4v) is 4.89. The van der Waals surface area contributed by atoms with E-state index in [1.165, 1.54) is 43.2 Å². The number of rotatable bonds is 5. The molecule has 154 valence electrons. The quantitative estimate of drug-likeness (QED) is 0.781. The number of hydrogen-bond acceptors (Lipinski definition) is 5. The zero-order valence-corrected chi connectivity index (χ0v) is 17.2. The van der Waals surface area contributed by atoms with Crippen LogP contribution in [0.15, 0.2) is 23.3 Å². The van der Waals surface area contributed by atoms with Crippen molar-refractivity contribution in [2.45, 2.75) is 76.8 Å². The summed E-state index contributed by atoms with van der Waals surface area (Å²) < 4.78 is 1.73. The van der Waals surface area contributed by atoms with Crippen molar-refractivity contribution < 1.29 is 0 Å². The van der Waals surface area contributed by atoms with Crippen LogP contribution >= 0.6 is 0 Å². The van der Waals surface area contributed by atoms with E-state index < -0.39 is 0 Å². The van der Waals surface area contributed by atoms with Gasteiger partial charge in [-0.1, -0.05) is 6.42 Å². The van der Waals surface area contributed by atoms with Crippen molar-refractivity contribution in [3.63, 3.8) is 0 Å². The minimum atomic E-state index is 0.0804. The van der Waals surface area contributed by atoms with Crippen molar-refractivity contribution in [1.82, 2.24) is 24.6 Å². The summed E-state index contributed by atoms with van der Waals surface area (Å²) in [5, 5.41) is 4.70. The van der Waals surface area contributed by atoms with Crippen LogP contribution in [0.5, 0.6) is 0 Å². The average molecular weight is 394 g/mol. The molecule has 2 aromatic rings. The zero-order chi connectivity index (χ0) is 19.6. The molecule has 0 aromatic carbocycles. The molecular weight excluding hydrogens is 362 g/mol. The van der Waals surface area contributed by atoms with Gasteiger partial charge in [-0.3, -0.25) is 9.69 Å². The molecule has 3 aliphatic rings. The summed E-state index contributed by atoms with van der Waals surface area (Å²) in [6.45, 7) is 3.82. The number of piperidine rings is 1. The van der Waals surface area contributed by atoms with Gasteiger partial charge in [-0.2, -0.15) is 5.10 Å². The highest BCUT2D eigenvalue weighted by Gasteiger charge is 2.23. The maximum atomic E-state index is 12.4. The van der Waals surface area contributed by atoms with Crippen molar-refractivity contribution in [2.24, 2.45) is 5.92 Å². The van der Waals surface area contributed by atoms with Crippen LogP contribution in [0.2, 0.25) is 0 Å². The summed E-state index contributed by atoms with van der Waals surface area (Å²) >= 11 is 0. The van der Waals surface area contributed by atoms with Crippen LogP contribution in [0.4, 0.5) is 0 Å². The summed E-state index contributed by atoms with van der Waals surface area (Å²) in [6.07, 6.45) is 14.5. The van der Waals surface area contributed by atoms with Crippen molar-refractivity contribution in [1.29, 1.82) is 0 Å². The molecule has 29 heavy (non-hydrogen) atoms. The maximum absolute atomic E-state index is 12.4. The molecule has 1 saturated carbocycles. The van der Waals surface area contributed by atoms with Crippen LogP contribution in [-0.4, -0.2) is 37.7 Å². The van der Waals surface area contributed by atoms with Gasteiger partial charge in [-0.15, -0.1) is 0 Å². The van der Waals surface area contributed by atoms with Gasteiger partial charge < -0.3 is 0 Å². The summed E-state index contributed by atoms with van der Waals surface area (Å²) in [7, 11) is 0. The first kappa shape index (κ1) is 18.9. The van der Waals surface area contributed by atoms with Crippen molar-refractivity contribution in [3.8, 4) is 0 Å². The van der Waals surface area contributed by atoms with Crippen LogP contribution in [0.1, 0.15) is 73.5 Å². The summed E-state index contributed by atoms with van der Waals surface area (Å²) in [6, 6.07) is 1.84. The van der Waals surface area contributed by atoms with E-state index in [0.717, 1.165) is 63.4 Å². The Morgan fingerprint density at radius 3 is 2.45 bits per heavy atom. The third kappa shape index (κ3) is 4.27. The van der Waals surface area contributed by atoms with Gasteiger partial charge in [0.2, 0.25) is 0 Å². The lowest BCUT2D eigenvalue weighted by atomic mass is 9.85. The third-order valence-electron chi connectivity index (χ3n) is 7.01. The molecule has 2 aromatic heterocycles. The van der Waals surface area contributed by atoms with Crippen molar-refractivity contribution >= 4 is 0 Å². The normalized spacial score (nSPS) is 21.0. The second-order valence-corrected chi connectivity index (χ2v) is 9.14. The van der Waals surface area contributed by atoms with E-state index in [0.29, 0.717) is 11.8 Å². The molecule has 6 heteroatoms. The predicted octanol–water partition coefficient (Wildman–Crippen LogP) is 3.09. The molecule has 1 aliphatic heterocycles. The van der Waals surface area contributed by atoms with Crippen LogP contribution in [0, 0.1) is 5.92 Å². The van der Waals surface area contributed by atoms with Gasteiger partial charge in [0.1, 0.15) is 5.82 Å². The van der Waals surface area contributed by atoms with Crippen LogP contribution in [-0.2, 0) is 25.9 Å². The molecular formula is C23H31N5O. The lowest BCUT2D eigenvalue weighted by Gasteiger charge is -2.32. The van der Waals surface area contributed by atoms with Gasteiger partial charge >= 0.3 is 0 Å². The van der Waals surface area contributed by atoms with Crippen LogP contribution in [0.3, 0.4) is 0 Å². The Labute approximate surface area is 172 Å². The van der Waals surface area contributed by atoms with Crippen LogP contribution < -0.4 is 5.56 Å². The Kier molecular flexibility index (Phi) is 5.44. The maximum Gasteiger partial charge on any atom is 0.267 e. The molecule has 0 amide bonds. The Hall–Kier alpha value is -2.08. The van der Waals surface area contributed by atoms with Crippen molar-refractivity contribution in [2.75, 3.05) is 13.1 Å². The first-order valence-electron chi connectivity index (χ1n) is 11.4. The minimum absolute atomic E-state index is 0.0804. The van der Waals surface area contributed by atoms with E-state index in [1.54, 1.807) is 4.68 Å². The lowest BCUT2D eigenvalue weighted by molar-refractivity contribution is 0.163. The zero-order valence-electron chi connectivity index (χ0n) is 17.2. The largest absolute Gasteiger partial charge is 0.299 e. The molecule has 2 aliphatic carbocycles. The van der Waals surface area contributed by atoms with Gasteiger partial charge in [-0.05, 0) is 75.9 Å². The van der Waals surface area contributed by atoms with E-state index in [-0.39, 0.29) is 5.56 Å². The standard InChI is InChI=1S/C23H31N5O/c29-22-12-20-4-1-2-7-21(20)26-28(22)16-17-8-10-27(11-9-17)15-18-13-24-23(25-14-18)19-5-3-6-19/h12-14,17,19H,1-11,15-16H2. The molecule has 3 heterocycles. The molecule has 0 atom stereocenters. The highest BCUT2D eigenvalue weighted by molar-refractivity contribution is 5.20. The van der Waals surface area contributed by atoms with Gasteiger partial charge in [-0.25, -0.2) is 14.6 Å². The minimum Gasteiger partial charge on any atom is -0.299 e. The molecule has 1 saturated heterocycles. The highest BCUT2D eigenvalue weighted by atomic mass is 16.1. The molecule has 0 spiro atoms. The molecule has 0 bridgehead atoms. The molecule has 0 N–H and O–H groups in total. The number of nitrogens with zero attached hydrogens (tertiary/aromatic N) is 5. The molecule has 2 fully saturated rings. The van der Waals surface area contributed by atoms with E-state index in [2.05, 4.69) is 14.9 Å². The molecule has 0 unspecified atom stereocenters. The van der Waals surface area contributed by atoms with Gasteiger partial charge in [0.05, 0.1) is 5.69 Å². The topological polar surface area (TPSA) is 63.9 Å². The Morgan fingerprint density at radius 2 is 1.72 bits per heavy atom. The first-order valence-corrected chi connectivity index (χ1v) is 11.4. The second-order valence-electron chi connectivity index (χ2n) is 9.14. The second kappa shape index (κ2) is 8.34. The van der Waals surface area contributed by atoms with E-state index in [9.17, 15) is 4.79 Å². The number of hydrogen-bond donors (Lipinski definition) is 0. The third-order valence-corrected chi connectivity index (χ3v) is 7.01. The molecule has 5 rings (SSSR count). The van der Waals surface area contributed by atoms with E-state index in [1.807, 2.05) is 18.5 Å². The van der Waals surface area contributed by atoms with Gasteiger partial charge in [0.15, 0.2) is 0 Å². The highest BCUT2D eigenvalue weighted by Crippen LogP contribution is 2.34. The lowest BCUT2D eigenvalue weighted by Crippen LogP contribution is -2.37. The Bertz CT molecular complexity index is 894. The van der Waals surface area contributed by atoms with Crippen molar-refractivity contribution in [3.05, 3.63) is 51.5 Å². The molecule has 0 radical (unpaired) electrons. The first-order chi connectivity index (χ1) is 14.2. The summed E-state index contributed by atoms with van der Waals surface area (Å²) in [5.74, 6) is 2.16. The Balaban J connectivity index is 1.14. The van der Waals surface area contributed by atoms with Gasteiger partial charge in [0.25, 0.3) is 5.56 Å². The fourth-order valence-electron chi connectivity index (χ4n) is 4.89. The summed E-state index contributed by atoms with van der Waals surface area (Å²) in [4.78, 5) is 24.1. The average Bonchev–Trinajstić information content (AvgIpc) is 2.70. The monoisotopic (exact) mass is 393 g/mol.